The maximum absolute atomic E-state index is 4.70. The van der Waals surface area contributed by atoms with E-state index in [-0.39, 0.29) is 0 Å². The van der Waals surface area contributed by atoms with Gasteiger partial charge in [-0.1, -0.05) is 0 Å². The van der Waals surface area contributed by atoms with Crippen LogP contribution in [0.4, 0.5) is 5.82 Å². The van der Waals surface area contributed by atoms with Gasteiger partial charge >= 0.3 is 0 Å². The molecule has 0 amide bonds. The van der Waals surface area contributed by atoms with Crippen molar-refractivity contribution >= 4 is 5.82 Å². The zero-order chi connectivity index (χ0) is 16.2. The third kappa shape index (κ3) is 3.24. The Balaban J connectivity index is 1.46. The van der Waals surface area contributed by atoms with Crippen LogP contribution in [0.1, 0.15) is 18.5 Å². The smallest absolute Gasteiger partial charge is 0.157 e. The molecule has 3 aromatic rings. The van der Waals surface area contributed by atoms with Crippen molar-refractivity contribution in [2.75, 3.05) is 18.0 Å². The molecule has 1 atom stereocenters. The molecule has 1 fully saturated rings. The van der Waals surface area contributed by atoms with Gasteiger partial charge in [0.25, 0.3) is 0 Å². The van der Waals surface area contributed by atoms with E-state index in [0.29, 0.717) is 5.92 Å². The standard InChI is InChI=1S/C17H19N7/c1-2-13(12-24(7-1)16-11-18-3-4-20-16)8-14-9-19-10-15(23-14)17-21-5-6-22-17/h3-6,9-11,13H,1-2,7-8,12H2,(H,21,22)/t13-/m0/s1. The van der Waals surface area contributed by atoms with E-state index in [1.54, 1.807) is 31.0 Å². The average Bonchev–Trinajstić information content (AvgIpc) is 3.18. The van der Waals surface area contributed by atoms with Crippen molar-refractivity contribution in [1.29, 1.82) is 0 Å². The van der Waals surface area contributed by atoms with Crippen molar-refractivity contribution in [3.8, 4) is 11.5 Å². The Hall–Kier alpha value is -2.83. The maximum Gasteiger partial charge on any atom is 0.157 e. The third-order valence-electron chi connectivity index (χ3n) is 4.32. The first kappa shape index (κ1) is 14.7. The first-order valence-corrected chi connectivity index (χ1v) is 8.20. The highest BCUT2D eigenvalue weighted by atomic mass is 15.2. The van der Waals surface area contributed by atoms with Crippen molar-refractivity contribution in [3.63, 3.8) is 0 Å². The van der Waals surface area contributed by atoms with Crippen molar-refractivity contribution in [3.05, 3.63) is 49.1 Å². The van der Waals surface area contributed by atoms with Gasteiger partial charge in [0, 0.05) is 44.1 Å². The number of H-pyrrole nitrogens is 1. The lowest BCUT2D eigenvalue weighted by atomic mass is 9.93. The predicted octanol–water partition coefficient (Wildman–Crippen LogP) is 2.12. The first-order valence-electron chi connectivity index (χ1n) is 8.20. The molecule has 0 saturated carbocycles. The van der Waals surface area contributed by atoms with Crippen LogP contribution < -0.4 is 4.90 Å². The lowest BCUT2D eigenvalue weighted by Gasteiger charge is -2.33. The second kappa shape index (κ2) is 6.74. The summed E-state index contributed by atoms with van der Waals surface area (Å²) in [5, 5.41) is 0. The molecule has 24 heavy (non-hydrogen) atoms. The van der Waals surface area contributed by atoms with E-state index in [4.69, 9.17) is 4.98 Å². The molecule has 1 aliphatic heterocycles. The summed E-state index contributed by atoms with van der Waals surface area (Å²) in [4.78, 5) is 27.2. The molecule has 7 heteroatoms. The largest absolute Gasteiger partial charge is 0.355 e. The summed E-state index contributed by atoms with van der Waals surface area (Å²) in [5.41, 5.74) is 1.80. The molecule has 0 unspecified atom stereocenters. The number of aromatic amines is 1. The average molecular weight is 321 g/mol. The molecule has 1 aliphatic rings. The lowest BCUT2D eigenvalue weighted by molar-refractivity contribution is 0.407. The normalized spacial score (nSPS) is 17.8. The van der Waals surface area contributed by atoms with E-state index >= 15 is 0 Å². The summed E-state index contributed by atoms with van der Waals surface area (Å²) in [6.45, 7) is 2.01. The van der Waals surface area contributed by atoms with Gasteiger partial charge < -0.3 is 9.88 Å². The summed E-state index contributed by atoms with van der Waals surface area (Å²) in [5.74, 6) is 2.26. The van der Waals surface area contributed by atoms with E-state index in [0.717, 1.165) is 49.0 Å². The summed E-state index contributed by atoms with van der Waals surface area (Å²) in [6.07, 6.45) is 15.7. The number of nitrogens with zero attached hydrogens (tertiary/aromatic N) is 6. The van der Waals surface area contributed by atoms with Crippen LogP contribution >= 0.6 is 0 Å². The van der Waals surface area contributed by atoms with Crippen LogP contribution in [0.25, 0.3) is 11.5 Å². The van der Waals surface area contributed by atoms with Gasteiger partial charge in [-0.25, -0.2) is 15.0 Å². The maximum atomic E-state index is 4.70. The Kier molecular flexibility index (Phi) is 4.14. The fraction of sp³-hybridized carbons (Fsp3) is 0.353. The van der Waals surface area contributed by atoms with Crippen LogP contribution in [0.2, 0.25) is 0 Å². The number of hydrogen-bond acceptors (Lipinski definition) is 6. The number of imidazole rings is 1. The molecule has 0 bridgehead atoms. The highest BCUT2D eigenvalue weighted by Gasteiger charge is 2.22. The van der Waals surface area contributed by atoms with Crippen LogP contribution in [0.3, 0.4) is 0 Å². The molecular weight excluding hydrogens is 302 g/mol. The van der Waals surface area contributed by atoms with E-state index in [9.17, 15) is 0 Å². The van der Waals surface area contributed by atoms with E-state index in [2.05, 4.69) is 29.8 Å². The predicted molar refractivity (Wildman–Crippen MR) is 90.3 cm³/mol. The molecule has 7 nitrogen and oxygen atoms in total. The highest BCUT2D eigenvalue weighted by molar-refractivity contribution is 5.46. The van der Waals surface area contributed by atoms with Gasteiger partial charge in [0.2, 0.25) is 0 Å². The molecule has 3 aromatic heterocycles. The van der Waals surface area contributed by atoms with Crippen LogP contribution in [-0.2, 0) is 6.42 Å². The Labute approximate surface area is 140 Å². The van der Waals surface area contributed by atoms with Crippen molar-refractivity contribution < 1.29 is 0 Å². The van der Waals surface area contributed by atoms with Crippen molar-refractivity contribution in [1.82, 2.24) is 29.9 Å². The van der Waals surface area contributed by atoms with E-state index in [1.807, 2.05) is 12.4 Å². The second-order valence-corrected chi connectivity index (χ2v) is 6.06. The minimum absolute atomic E-state index is 0.543. The SMILES string of the molecule is c1cnc(N2CCC[C@@H](Cc3cncc(-c4ncc[nH]4)n3)C2)cn1. The number of rotatable bonds is 4. The van der Waals surface area contributed by atoms with Crippen LogP contribution in [-0.4, -0.2) is 43.0 Å². The number of nitrogens with one attached hydrogen (secondary N) is 1. The minimum Gasteiger partial charge on any atom is -0.355 e. The summed E-state index contributed by atoms with van der Waals surface area (Å²) >= 11 is 0. The molecule has 1 saturated heterocycles. The van der Waals surface area contributed by atoms with Crippen LogP contribution in [0.5, 0.6) is 0 Å². The van der Waals surface area contributed by atoms with Crippen LogP contribution in [0.15, 0.2) is 43.4 Å². The Morgan fingerprint density at radius 3 is 2.92 bits per heavy atom. The van der Waals surface area contributed by atoms with Crippen molar-refractivity contribution in [2.45, 2.75) is 19.3 Å². The fourth-order valence-corrected chi connectivity index (χ4v) is 3.21. The van der Waals surface area contributed by atoms with Crippen LogP contribution in [0, 0.1) is 5.92 Å². The number of piperidine rings is 1. The fourth-order valence-electron chi connectivity index (χ4n) is 3.21. The molecular formula is C17H19N7. The van der Waals surface area contributed by atoms with Gasteiger partial charge in [-0.3, -0.25) is 9.97 Å². The van der Waals surface area contributed by atoms with Gasteiger partial charge in [0.15, 0.2) is 5.82 Å². The lowest BCUT2D eigenvalue weighted by Crippen LogP contribution is -2.36. The number of aromatic nitrogens is 6. The summed E-state index contributed by atoms with van der Waals surface area (Å²) < 4.78 is 0. The molecule has 0 aliphatic carbocycles. The molecule has 4 rings (SSSR count). The second-order valence-electron chi connectivity index (χ2n) is 6.06. The molecule has 122 valence electrons. The number of anilines is 1. The zero-order valence-electron chi connectivity index (χ0n) is 13.3. The monoisotopic (exact) mass is 321 g/mol. The van der Waals surface area contributed by atoms with Gasteiger partial charge in [0.05, 0.1) is 18.1 Å². The van der Waals surface area contributed by atoms with E-state index in [1.165, 1.54) is 6.42 Å². The molecule has 0 radical (unpaired) electrons. The molecule has 1 N–H and O–H groups in total. The van der Waals surface area contributed by atoms with Crippen molar-refractivity contribution in [2.24, 2.45) is 5.92 Å². The highest BCUT2D eigenvalue weighted by Crippen LogP contribution is 2.23. The first-order chi connectivity index (χ1) is 11.9. The zero-order valence-corrected chi connectivity index (χ0v) is 13.3. The van der Waals surface area contributed by atoms with Gasteiger partial charge in [-0.2, -0.15) is 0 Å². The quantitative estimate of drug-likeness (QED) is 0.792. The summed E-state index contributed by atoms with van der Waals surface area (Å²) in [7, 11) is 0. The van der Waals surface area contributed by atoms with Gasteiger partial charge in [0.1, 0.15) is 11.5 Å². The minimum atomic E-state index is 0.543. The number of hydrogen-bond donors (Lipinski definition) is 1. The Morgan fingerprint density at radius 2 is 2.08 bits per heavy atom. The molecule has 0 spiro atoms. The Morgan fingerprint density at radius 1 is 1.08 bits per heavy atom. The molecule has 0 aromatic carbocycles. The topological polar surface area (TPSA) is 83.5 Å². The summed E-state index contributed by atoms with van der Waals surface area (Å²) in [6, 6.07) is 0. The van der Waals surface area contributed by atoms with E-state index < -0.39 is 0 Å². The Bertz CT molecular complexity index is 773. The van der Waals surface area contributed by atoms with Gasteiger partial charge in [-0.05, 0) is 25.2 Å². The third-order valence-corrected chi connectivity index (χ3v) is 4.32. The molecule has 4 heterocycles. The van der Waals surface area contributed by atoms with Gasteiger partial charge in [-0.15, -0.1) is 0 Å².